The Morgan fingerprint density at radius 2 is 1.25 bits per heavy atom. The largest absolute Gasteiger partial charge is 0.197 e. The van der Waals surface area contributed by atoms with E-state index >= 15 is 0 Å². The lowest BCUT2D eigenvalue weighted by Gasteiger charge is -0.813. The van der Waals surface area contributed by atoms with Crippen LogP contribution in [0.1, 0.15) is 0 Å². The summed E-state index contributed by atoms with van der Waals surface area (Å²) in [5, 5.41) is 0. The van der Waals surface area contributed by atoms with E-state index in [1.165, 1.54) is 0 Å². The fourth-order valence-electron chi connectivity index (χ4n) is 0. The first-order valence-corrected chi connectivity index (χ1v) is 1.000. The second-order valence-electron chi connectivity index (χ2n) is 0. The molecule has 0 heterocycles. The molecule has 4 heavy (non-hydrogen) atoms. The van der Waals surface area contributed by atoms with Gasteiger partial charge in [0.2, 0.25) is 0 Å². The molecule has 0 aliphatic carbocycles. The molecule has 0 N–H and O–H groups in total. The summed E-state index contributed by atoms with van der Waals surface area (Å²) >= 11 is 2.83. The van der Waals surface area contributed by atoms with Gasteiger partial charge in [-0.25, -0.2) is 0 Å². The average Bonchev–Trinajstić information content (AvgIpc) is 1.50. The fourth-order valence-corrected chi connectivity index (χ4v) is 0. The third kappa shape index (κ3) is 17.6. The van der Waals surface area contributed by atoms with Crippen LogP contribution in [0.2, 0.25) is 0 Å². The third-order valence-electron chi connectivity index (χ3n) is 0. The maximum atomic E-state index is 7.83. The molecule has 0 saturated heterocycles. The maximum absolute atomic E-state index is 7.83. The summed E-state index contributed by atoms with van der Waals surface area (Å²) in [5.74, 6) is 0. The van der Waals surface area contributed by atoms with Gasteiger partial charge >= 0.3 is 0 Å². The van der Waals surface area contributed by atoms with Gasteiger partial charge in [-0.2, -0.15) is 4.21 Å². The second kappa shape index (κ2) is 148. The van der Waals surface area contributed by atoms with E-state index in [4.69, 9.17) is 4.21 Å². The van der Waals surface area contributed by atoms with Crippen LogP contribution in [0, 0.1) is 0 Å². The molecule has 0 bridgehead atoms. The molecule has 2 heteroatoms. The van der Waals surface area contributed by atoms with Gasteiger partial charge in [-0.1, -0.05) is 0 Å². The van der Waals surface area contributed by atoms with Gasteiger partial charge in [0.25, 0.3) is 0 Å². The van der Waals surface area contributed by atoms with Crippen molar-refractivity contribution >= 4 is 12.5 Å². The highest BCUT2D eigenvalue weighted by atomic mass is 32.1. The minimum Gasteiger partial charge on any atom is -0.197 e. The molecule has 0 radical (unpaired) electrons. The third-order valence-corrected chi connectivity index (χ3v) is 0. The van der Waals surface area contributed by atoms with Crippen LogP contribution in [0.25, 0.3) is 0 Å². The van der Waals surface area contributed by atoms with Gasteiger partial charge in [-0.05, 0) is 0 Å². The van der Waals surface area contributed by atoms with E-state index in [0.29, 0.717) is 0 Å². The van der Waals surface area contributed by atoms with Crippen molar-refractivity contribution in [2.75, 3.05) is 0 Å². The first-order valence-electron chi connectivity index (χ1n) is 0.667. The maximum Gasteiger partial charge on any atom is 0.197 e. The zero-order valence-electron chi connectivity index (χ0n) is 2.23. The molecule has 0 spiro atoms. The number of hydrogen-bond donors (Lipinski definition) is 0. The summed E-state index contributed by atoms with van der Waals surface area (Å²) in [7, 11) is 0. The molecule has 0 amide bonds. The highest BCUT2D eigenvalue weighted by molar-refractivity contribution is 7.44. The standard InChI is InChI=1S/C2H4.OS/c2*1-2/h1-2H2;. The quantitative estimate of drug-likeness (QED) is 0.390. The van der Waals surface area contributed by atoms with Gasteiger partial charge < -0.3 is 0 Å². The van der Waals surface area contributed by atoms with Crippen LogP contribution in [0.3, 0.4) is 0 Å². The number of rotatable bonds is 0. The van der Waals surface area contributed by atoms with Crippen molar-refractivity contribution in [1.29, 1.82) is 0 Å². The average molecular weight is 76.1 g/mol. The normalized spacial score (nSPS) is 2.00. The molecule has 0 aromatic rings. The van der Waals surface area contributed by atoms with Gasteiger partial charge in [0.05, 0.1) is 0 Å². The molecular weight excluding hydrogens is 72.1 g/mol. The molecule has 0 aliphatic heterocycles. The predicted octanol–water partition coefficient (Wildman–Crippen LogP) is 0.466. The van der Waals surface area contributed by atoms with Crippen molar-refractivity contribution in [3.63, 3.8) is 0 Å². The van der Waals surface area contributed by atoms with Gasteiger partial charge in [-0.3, -0.25) is 0 Å². The molecule has 0 atom stereocenters. The van der Waals surface area contributed by atoms with Crippen LogP contribution in [0.4, 0.5) is 0 Å². The van der Waals surface area contributed by atoms with Crippen molar-refractivity contribution in [2.45, 2.75) is 0 Å². The molecule has 0 rings (SSSR count). The lowest BCUT2D eigenvalue weighted by Crippen LogP contribution is -0.894. The molecule has 0 aromatic carbocycles. The van der Waals surface area contributed by atoms with E-state index in [1.807, 2.05) is 0 Å². The Morgan fingerprint density at radius 3 is 1.25 bits per heavy atom. The van der Waals surface area contributed by atoms with Crippen molar-refractivity contribution in [1.82, 2.24) is 0 Å². The topological polar surface area (TPSA) is 17.1 Å². The minimum absolute atomic E-state index is 2.83. The van der Waals surface area contributed by atoms with Crippen LogP contribution < -0.4 is 0 Å². The van der Waals surface area contributed by atoms with E-state index in [9.17, 15) is 0 Å². The van der Waals surface area contributed by atoms with Crippen molar-refractivity contribution in [3.8, 4) is 0 Å². The van der Waals surface area contributed by atoms with Crippen LogP contribution in [0.15, 0.2) is 13.2 Å². The predicted molar refractivity (Wildman–Crippen MR) is 19.4 cm³/mol. The van der Waals surface area contributed by atoms with Crippen LogP contribution in [-0.2, 0) is 12.5 Å². The Labute approximate surface area is 30.9 Å². The van der Waals surface area contributed by atoms with Gasteiger partial charge in [0, 0.05) is 0 Å². The Balaban J connectivity index is 0. The highest BCUT2D eigenvalue weighted by Crippen LogP contribution is 0.862. The fraction of sp³-hybridized carbons (Fsp3) is 0. The lowest BCUT2D eigenvalue weighted by atomic mass is 11.3. The van der Waals surface area contributed by atoms with Gasteiger partial charge in [0.15, 0.2) is 12.5 Å². The molecule has 24 valence electrons. The SMILES string of the molecule is C=C.O=S. The van der Waals surface area contributed by atoms with Gasteiger partial charge in [-0.15, -0.1) is 13.2 Å². The zero-order valence-corrected chi connectivity index (χ0v) is 3.05. The van der Waals surface area contributed by atoms with Crippen LogP contribution in [-0.4, -0.2) is 4.21 Å². The highest BCUT2D eigenvalue weighted by Gasteiger charge is 0.734. The van der Waals surface area contributed by atoms with Crippen molar-refractivity contribution < 1.29 is 4.21 Å². The Hall–Kier alpha value is -0.240. The zero-order chi connectivity index (χ0) is 4.00. The summed E-state index contributed by atoms with van der Waals surface area (Å²) < 4.78 is 7.83. The summed E-state index contributed by atoms with van der Waals surface area (Å²) in [6, 6.07) is 0. The Morgan fingerprint density at radius 1 is 1.25 bits per heavy atom. The molecular formula is C2H4OS. The van der Waals surface area contributed by atoms with E-state index in [0.717, 1.165) is 0 Å². The number of hydrogen-bond acceptors (Lipinski definition) is 2. The summed E-state index contributed by atoms with van der Waals surface area (Å²) in [5.41, 5.74) is 0. The van der Waals surface area contributed by atoms with E-state index in [-0.39, 0.29) is 0 Å². The molecule has 0 aliphatic rings. The Bertz CT molecular complexity index is 8.00. The van der Waals surface area contributed by atoms with Crippen LogP contribution >= 0.6 is 0 Å². The molecule has 1 nitrogen and oxygen atoms in total. The van der Waals surface area contributed by atoms with Crippen LogP contribution in [0.5, 0.6) is 0 Å². The molecule has 0 saturated carbocycles. The lowest BCUT2D eigenvalue weighted by molar-refractivity contribution is 0.702. The Kier molecular flexibility index (Phi) is 343. The molecule has 0 fully saturated rings. The monoisotopic (exact) mass is 76.0 g/mol. The van der Waals surface area contributed by atoms with E-state index < -0.39 is 0 Å². The smallest absolute Gasteiger partial charge is 0.197 e. The van der Waals surface area contributed by atoms with Gasteiger partial charge in [0.1, 0.15) is 0 Å². The van der Waals surface area contributed by atoms with Crippen molar-refractivity contribution in [3.05, 3.63) is 13.2 Å². The van der Waals surface area contributed by atoms with E-state index in [1.54, 1.807) is 0 Å². The molecule has 0 aromatic heterocycles. The minimum atomic E-state index is 2.83. The molecule has 0 unspecified atom stereocenters. The first-order chi connectivity index (χ1) is 2.00. The summed E-state index contributed by atoms with van der Waals surface area (Å²) in [6.07, 6.45) is 0. The van der Waals surface area contributed by atoms with Crippen molar-refractivity contribution in [2.24, 2.45) is 0 Å². The second-order valence-corrected chi connectivity index (χ2v) is 0. The summed E-state index contributed by atoms with van der Waals surface area (Å²) in [6.45, 7) is 6.00. The van der Waals surface area contributed by atoms with E-state index in [2.05, 4.69) is 25.7 Å². The summed E-state index contributed by atoms with van der Waals surface area (Å²) in [4.78, 5) is 0. The first kappa shape index (κ1) is 9.25.